The Hall–Kier alpha value is -3.19. The van der Waals surface area contributed by atoms with Crippen LogP contribution in [-0.4, -0.2) is 79.9 Å². The molecule has 1 aromatic heterocycles. The number of carbonyl (C=O) groups is 1. The lowest BCUT2D eigenvalue weighted by Crippen LogP contribution is -2.54. The predicted molar refractivity (Wildman–Crippen MR) is 154 cm³/mol. The van der Waals surface area contributed by atoms with Crippen molar-refractivity contribution in [3.8, 4) is 0 Å². The largest absolute Gasteiger partial charge is 0.348 e. The van der Waals surface area contributed by atoms with E-state index in [1.165, 1.54) is 42.8 Å². The molecule has 7 heteroatoms. The summed E-state index contributed by atoms with van der Waals surface area (Å²) >= 11 is 0. The molecular weight excluding hydrogens is 484 g/mol. The molecule has 5 heterocycles. The van der Waals surface area contributed by atoms with E-state index in [1.807, 2.05) is 4.90 Å². The van der Waals surface area contributed by atoms with Crippen molar-refractivity contribution in [3.63, 3.8) is 0 Å². The first-order valence-corrected chi connectivity index (χ1v) is 14.9. The third-order valence-corrected chi connectivity index (χ3v) is 10.3. The molecule has 0 radical (unpaired) electrons. The van der Waals surface area contributed by atoms with Crippen LogP contribution in [0.1, 0.15) is 63.9 Å². The maximum atomic E-state index is 13.0. The molecule has 3 saturated heterocycles. The molecule has 1 aromatic carbocycles. The highest BCUT2D eigenvalue weighted by atomic mass is 16.2. The maximum Gasteiger partial charge on any atom is 0.329 e. The fraction of sp³-hybridized carbons (Fsp3) is 0.531. The molecule has 0 spiro atoms. The van der Waals surface area contributed by atoms with Crippen LogP contribution in [0.5, 0.6) is 0 Å². The molecule has 2 unspecified atom stereocenters. The molecule has 2 bridgehead atoms. The summed E-state index contributed by atoms with van der Waals surface area (Å²) in [4.78, 5) is 29.5. The molecular formula is C32H40N6O. The number of rotatable bonds is 5. The van der Waals surface area contributed by atoms with Crippen LogP contribution in [0.3, 0.4) is 0 Å². The first-order chi connectivity index (χ1) is 19.1. The van der Waals surface area contributed by atoms with Gasteiger partial charge >= 0.3 is 6.03 Å². The number of carbonyl (C=O) groups excluding carboxylic acids is 1. The first-order valence-electron chi connectivity index (χ1n) is 14.9. The number of hydrogen-bond donors (Lipinski definition) is 0. The molecule has 4 atom stereocenters. The molecule has 0 N–H and O–H groups in total. The summed E-state index contributed by atoms with van der Waals surface area (Å²) in [6.07, 6.45) is 21.1. The van der Waals surface area contributed by atoms with Crippen LogP contribution >= 0.6 is 0 Å². The van der Waals surface area contributed by atoms with Gasteiger partial charge in [0, 0.05) is 43.6 Å². The summed E-state index contributed by atoms with van der Waals surface area (Å²) < 4.78 is 1.60. The van der Waals surface area contributed by atoms with Gasteiger partial charge in [0.15, 0.2) is 0 Å². The summed E-state index contributed by atoms with van der Waals surface area (Å²) in [7, 11) is 0. The fourth-order valence-electron chi connectivity index (χ4n) is 8.28. The van der Waals surface area contributed by atoms with E-state index < -0.39 is 0 Å². The quantitative estimate of drug-likeness (QED) is 0.538. The van der Waals surface area contributed by atoms with E-state index in [0.29, 0.717) is 24.2 Å². The Balaban J connectivity index is 1.04. The van der Waals surface area contributed by atoms with E-state index >= 15 is 0 Å². The molecule has 1 amide bonds. The average Bonchev–Trinajstić information content (AvgIpc) is 3.68. The molecule has 2 aromatic rings. The molecule has 7 nitrogen and oxygen atoms in total. The zero-order chi connectivity index (χ0) is 26.4. The maximum absolute atomic E-state index is 13.0. The lowest BCUT2D eigenvalue weighted by molar-refractivity contribution is 0.0667. The Labute approximate surface area is 231 Å². The van der Waals surface area contributed by atoms with Crippen LogP contribution in [0.2, 0.25) is 0 Å². The van der Waals surface area contributed by atoms with E-state index in [-0.39, 0.29) is 11.4 Å². The van der Waals surface area contributed by atoms with Gasteiger partial charge in [0.1, 0.15) is 12.2 Å². The molecule has 0 saturated carbocycles. The van der Waals surface area contributed by atoms with Crippen molar-refractivity contribution in [2.45, 2.75) is 87.9 Å². The van der Waals surface area contributed by atoms with Crippen LogP contribution in [0.25, 0.3) is 0 Å². The van der Waals surface area contributed by atoms with Gasteiger partial charge in [-0.15, -0.1) is 0 Å². The highest BCUT2D eigenvalue weighted by molar-refractivity contribution is 5.84. The van der Waals surface area contributed by atoms with Gasteiger partial charge in [-0.25, -0.2) is 14.8 Å². The Morgan fingerprint density at radius 1 is 1.05 bits per heavy atom. The average molecular weight is 525 g/mol. The number of aliphatic imine (C=N–C) groups is 1. The summed E-state index contributed by atoms with van der Waals surface area (Å²) in [5.74, 6) is 1.22. The molecule has 7 rings (SSSR count). The van der Waals surface area contributed by atoms with Gasteiger partial charge < -0.3 is 9.80 Å². The fourth-order valence-corrected chi connectivity index (χ4v) is 8.28. The molecule has 1 aliphatic carbocycles. The summed E-state index contributed by atoms with van der Waals surface area (Å²) in [5.41, 5.74) is 2.82. The third kappa shape index (κ3) is 4.45. The van der Waals surface area contributed by atoms with Crippen molar-refractivity contribution in [3.05, 3.63) is 78.5 Å². The lowest BCUT2D eigenvalue weighted by atomic mass is 9.70. The second-order valence-corrected chi connectivity index (χ2v) is 12.2. The van der Waals surface area contributed by atoms with Crippen molar-refractivity contribution < 1.29 is 4.79 Å². The van der Waals surface area contributed by atoms with Crippen molar-refractivity contribution in [1.82, 2.24) is 24.3 Å². The Kier molecular flexibility index (Phi) is 6.42. The number of likely N-dealkylation sites (tertiary alicyclic amines) is 1. The van der Waals surface area contributed by atoms with Gasteiger partial charge in [-0.2, -0.15) is 0 Å². The molecule has 5 aliphatic rings. The van der Waals surface area contributed by atoms with Crippen LogP contribution in [0.15, 0.2) is 78.0 Å². The number of fused-ring (bicyclic) bond motifs is 3. The van der Waals surface area contributed by atoms with E-state index in [4.69, 9.17) is 4.99 Å². The number of benzene rings is 1. The normalized spacial score (nSPS) is 29.8. The van der Waals surface area contributed by atoms with E-state index in [2.05, 4.69) is 70.3 Å². The summed E-state index contributed by atoms with van der Waals surface area (Å²) in [6, 6.07) is 13.5. The zero-order valence-electron chi connectivity index (χ0n) is 23.0. The number of hydrogen-bond acceptors (Lipinski definition) is 5. The second-order valence-electron chi connectivity index (χ2n) is 12.2. The summed E-state index contributed by atoms with van der Waals surface area (Å²) in [5, 5.41) is 0. The van der Waals surface area contributed by atoms with Gasteiger partial charge in [-0.1, -0.05) is 42.5 Å². The van der Waals surface area contributed by atoms with Crippen molar-refractivity contribution in [2.75, 3.05) is 19.6 Å². The Morgan fingerprint density at radius 2 is 1.82 bits per heavy atom. The van der Waals surface area contributed by atoms with Gasteiger partial charge in [0.2, 0.25) is 0 Å². The Bertz CT molecular complexity index is 1260. The third-order valence-electron chi connectivity index (χ3n) is 10.3. The van der Waals surface area contributed by atoms with Crippen LogP contribution < -0.4 is 0 Å². The van der Waals surface area contributed by atoms with Crippen molar-refractivity contribution in [2.24, 2.45) is 4.99 Å². The van der Waals surface area contributed by atoms with Gasteiger partial charge in [-0.05, 0) is 81.9 Å². The Morgan fingerprint density at radius 3 is 2.54 bits per heavy atom. The predicted octanol–water partition coefficient (Wildman–Crippen LogP) is 5.22. The first kappa shape index (κ1) is 24.8. The number of piperidine rings is 2. The smallest absolute Gasteiger partial charge is 0.329 e. The van der Waals surface area contributed by atoms with Gasteiger partial charge in [0.05, 0.1) is 11.7 Å². The molecule has 3 fully saturated rings. The number of imidazole rings is 1. The number of allylic oxidation sites excluding steroid dienone is 2. The monoisotopic (exact) mass is 524 g/mol. The summed E-state index contributed by atoms with van der Waals surface area (Å²) in [6.45, 7) is 4.94. The van der Waals surface area contributed by atoms with E-state index in [1.54, 1.807) is 23.3 Å². The highest BCUT2D eigenvalue weighted by Crippen LogP contribution is 2.44. The minimum atomic E-state index is 0.0430. The lowest BCUT2D eigenvalue weighted by Gasteiger charge is -2.47. The number of amides is 1. The topological polar surface area (TPSA) is 57.0 Å². The van der Waals surface area contributed by atoms with Crippen molar-refractivity contribution in [1.29, 1.82) is 0 Å². The number of aromatic nitrogens is 2. The van der Waals surface area contributed by atoms with E-state index in [0.717, 1.165) is 45.3 Å². The molecule has 204 valence electrons. The standard InChI is InChI=1S/C32H40N6O/c1-24-34-29-9-5-6-10-30(29)38(24)28-21-26-11-12-27(22-28)37(26)19-15-32(25-7-3-2-4-8-25)13-17-35(18-14-32)31(39)36-20-16-33-23-36/h2-9,16,20,23,26-28,30H,10-15,17-19,21-22H2,1H3/t26-,27+,28?,30?. The van der Waals surface area contributed by atoms with E-state index in [9.17, 15) is 4.79 Å². The second kappa shape index (κ2) is 10.1. The molecule has 39 heavy (non-hydrogen) atoms. The zero-order valence-corrected chi connectivity index (χ0v) is 23.0. The number of amidine groups is 1. The van der Waals surface area contributed by atoms with Crippen molar-refractivity contribution >= 4 is 11.9 Å². The van der Waals surface area contributed by atoms with Gasteiger partial charge in [-0.3, -0.25) is 9.47 Å². The number of nitrogens with zero attached hydrogens (tertiary/aromatic N) is 6. The minimum Gasteiger partial charge on any atom is -0.348 e. The molecule has 4 aliphatic heterocycles. The SMILES string of the molecule is CC1=NC2=CC=CCC2N1C1C[C@H]2CC[C@@H](C1)N2CCC1(c2ccccc2)CCN(C(=O)n2ccnc2)CC1. The van der Waals surface area contributed by atoms with Crippen LogP contribution in [0.4, 0.5) is 4.79 Å². The van der Waals surface area contributed by atoms with Crippen LogP contribution in [0, 0.1) is 0 Å². The van der Waals surface area contributed by atoms with Crippen LogP contribution in [-0.2, 0) is 5.41 Å². The highest BCUT2D eigenvalue weighted by Gasteiger charge is 2.46. The van der Waals surface area contributed by atoms with Gasteiger partial charge in [0.25, 0.3) is 0 Å². The minimum absolute atomic E-state index is 0.0430.